The molecule has 0 aliphatic rings. The predicted molar refractivity (Wildman–Crippen MR) is 80.4 cm³/mol. The summed E-state index contributed by atoms with van der Waals surface area (Å²) in [6.45, 7) is 2.04. The van der Waals surface area contributed by atoms with Gasteiger partial charge in [-0.2, -0.15) is 0 Å². The monoisotopic (exact) mass is 313 g/mol. The van der Waals surface area contributed by atoms with E-state index in [9.17, 15) is 9.18 Å². The lowest BCUT2D eigenvalue weighted by atomic mass is 10.3. The maximum absolute atomic E-state index is 13.1. The van der Waals surface area contributed by atoms with Gasteiger partial charge in [0.15, 0.2) is 10.2 Å². The fourth-order valence-electron chi connectivity index (χ4n) is 1.46. The van der Waals surface area contributed by atoms with Crippen molar-refractivity contribution in [3.05, 3.63) is 24.0 Å². The van der Waals surface area contributed by atoms with E-state index in [2.05, 4.69) is 15.6 Å². The van der Waals surface area contributed by atoms with Crippen molar-refractivity contribution in [2.24, 2.45) is 0 Å². The summed E-state index contributed by atoms with van der Waals surface area (Å²) in [7, 11) is 0. The van der Waals surface area contributed by atoms with E-state index in [0.717, 1.165) is 4.70 Å². The number of thiocarbonyl (C=S) groups is 1. The Morgan fingerprint density at radius 2 is 2.35 bits per heavy atom. The fourth-order valence-corrected chi connectivity index (χ4v) is 2.59. The number of hydrogen-bond acceptors (Lipinski definition) is 5. The Labute approximate surface area is 124 Å². The molecule has 0 bridgehead atoms. The van der Waals surface area contributed by atoms with Gasteiger partial charge in [0, 0.05) is 0 Å². The summed E-state index contributed by atoms with van der Waals surface area (Å²) < 4.78 is 18.5. The fraction of sp³-hybridized carbons (Fsp3) is 0.250. The Kier molecular flexibility index (Phi) is 4.80. The Bertz CT molecular complexity index is 645. The number of ether oxygens (including phenoxy) is 1. The number of carbonyl (C=O) groups is 1. The zero-order valence-electron chi connectivity index (χ0n) is 10.6. The van der Waals surface area contributed by atoms with Crippen LogP contribution in [-0.2, 0) is 9.53 Å². The normalized spacial score (nSPS) is 10.3. The quantitative estimate of drug-likeness (QED) is 0.667. The number of aromatic nitrogens is 1. The van der Waals surface area contributed by atoms with Gasteiger partial charge < -0.3 is 15.4 Å². The lowest BCUT2D eigenvalue weighted by Gasteiger charge is -2.07. The highest BCUT2D eigenvalue weighted by atomic mass is 32.1. The first-order chi connectivity index (χ1) is 9.58. The van der Waals surface area contributed by atoms with Crippen LogP contribution in [-0.4, -0.2) is 29.2 Å². The topological polar surface area (TPSA) is 63.2 Å². The molecule has 5 nitrogen and oxygen atoms in total. The van der Waals surface area contributed by atoms with Gasteiger partial charge in [-0.3, -0.25) is 4.79 Å². The molecule has 0 spiro atoms. The molecule has 20 heavy (non-hydrogen) atoms. The number of fused-ring (bicyclic) bond motifs is 1. The van der Waals surface area contributed by atoms with Crippen molar-refractivity contribution in [2.75, 3.05) is 18.5 Å². The second kappa shape index (κ2) is 6.58. The van der Waals surface area contributed by atoms with Gasteiger partial charge in [-0.05, 0) is 37.3 Å². The second-order valence-electron chi connectivity index (χ2n) is 3.74. The number of hydrogen-bond donors (Lipinski definition) is 2. The van der Waals surface area contributed by atoms with Crippen LogP contribution < -0.4 is 10.6 Å². The van der Waals surface area contributed by atoms with Crippen molar-refractivity contribution >= 4 is 50.0 Å². The van der Waals surface area contributed by atoms with Crippen LogP contribution in [0.2, 0.25) is 0 Å². The van der Waals surface area contributed by atoms with Crippen molar-refractivity contribution in [3.8, 4) is 0 Å². The van der Waals surface area contributed by atoms with Gasteiger partial charge in [0.2, 0.25) is 0 Å². The molecule has 0 unspecified atom stereocenters. The molecule has 0 aliphatic carbocycles. The Balaban J connectivity index is 1.94. The van der Waals surface area contributed by atoms with Crippen LogP contribution in [0.5, 0.6) is 0 Å². The molecule has 2 N–H and O–H groups in total. The number of benzene rings is 1. The average Bonchev–Trinajstić information content (AvgIpc) is 2.78. The van der Waals surface area contributed by atoms with Crippen LogP contribution in [0.3, 0.4) is 0 Å². The molecule has 106 valence electrons. The number of nitrogens with one attached hydrogen (secondary N) is 2. The molecule has 0 fully saturated rings. The van der Waals surface area contributed by atoms with E-state index in [-0.39, 0.29) is 23.4 Å². The molecule has 0 radical (unpaired) electrons. The average molecular weight is 313 g/mol. The van der Waals surface area contributed by atoms with E-state index in [1.807, 2.05) is 0 Å². The Morgan fingerprint density at radius 1 is 1.55 bits per heavy atom. The number of esters is 1. The largest absolute Gasteiger partial charge is 0.465 e. The van der Waals surface area contributed by atoms with Crippen LogP contribution in [0.25, 0.3) is 10.2 Å². The molecule has 2 aromatic rings. The van der Waals surface area contributed by atoms with Crippen LogP contribution >= 0.6 is 23.6 Å². The van der Waals surface area contributed by atoms with Gasteiger partial charge >= 0.3 is 5.97 Å². The number of anilines is 1. The molecular formula is C12H12FN3O2S2. The van der Waals surface area contributed by atoms with Gasteiger partial charge in [-0.15, -0.1) is 0 Å². The van der Waals surface area contributed by atoms with Crippen LogP contribution in [0.15, 0.2) is 18.2 Å². The van der Waals surface area contributed by atoms with E-state index in [1.165, 1.54) is 23.5 Å². The van der Waals surface area contributed by atoms with Crippen LogP contribution in [0.1, 0.15) is 6.92 Å². The van der Waals surface area contributed by atoms with E-state index in [0.29, 0.717) is 17.3 Å². The highest BCUT2D eigenvalue weighted by molar-refractivity contribution is 7.80. The highest BCUT2D eigenvalue weighted by Gasteiger charge is 2.07. The minimum atomic E-state index is -0.386. The first-order valence-corrected chi connectivity index (χ1v) is 7.07. The number of nitrogens with zero attached hydrogens (tertiary/aromatic N) is 1. The van der Waals surface area contributed by atoms with Crippen molar-refractivity contribution in [1.29, 1.82) is 0 Å². The van der Waals surface area contributed by atoms with Gasteiger partial charge in [0.1, 0.15) is 12.4 Å². The number of rotatable bonds is 4. The Morgan fingerprint density at radius 3 is 3.10 bits per heavy atom. The molecule has 1 aromatic carbocycles. The number of halogens is 1. The first-order valence-electron chi connectivity index (χ1n) is 5.85. The molecule has 0 atom stereocenters. The summed E-state index contributed by atoms with van der Waals surface area (Å²) in [4.78, 5) is 15.4. The highest BCUT2D eigenvalue weighted by Crippen LogP contribution is 2.26. The van der Waals surface area contributed by atoms with E-state index in [1.54, 1.807) is 13.0 Å². The standard InChI is InChI=1S/C12H12FN3O2S2/c1-2-18-10(17)6-14-11(19)16-12-15-8-4-3-7(13)5-9(8)20-12/h3-5H,2,6H2,1H3,(H2,14,15,16,19). The first kappa shape index (κ1) is 14.6. The van der Waals surface area contributed by atoms with Crippen molar-refractivity contribution in [1.82, 2.24) is 10.3 Å². The summed E-state index contributed by atoms with van der Waals surface area (Å²) in [6, 6.07) is 4.36. The predicted octanol–water partition coefficient (Wildman–Crippen LogP) is 2.28. The van der Waals surface area contributed by atoms with E-state index in [4.69, 9.17) is 17.0 Å². The van der Waals surface area contributed by atoms with E-state index < -0.39 is 0 Å². The third-order valence-corrected chi connectivity index (χ3v) is 3.45. The van der Waals surface area contributed by atoms with E-state index >= 15 is 0 Å². The maximum Gasteiger partial charge on any atom is 0.325 e. The zero-order valence-corrected chi connectivity index (χ0v) is 12.2. The van der Waals surface area contributed by atoms with Gasteiger partial charge in [0.25, 0.3) is 0 Å². The molecule has 0 saturated heterocycles. The summed E-state index contributed by atoms with van der Waals surface area (Å²) >= 11 is 6.31. The summed E-state index contributed by atoms with van der Waals surface area (Å²) in [5.41, 5.74) is 0.687. The maximum atomic E-state index is 13.1. The number of carbonyl (C=O) groups excluding carboxylic acids is 1. The van der Waals surface area contributed by atoms with Gasteiger partial charge in [0.05, 0.1) is 16.8 Å². The van der Waals surface area contributed by atoms with Gasteiger partial charge in [-0.25, -0.2) is 9.37 Å². The Hall–Kier alpha value is -1.80. The minimum Gasteiger partial charge on any atom is -0.465 e. The van der Waals surface area contributed by atoms with Gasteiger partial charge in [-0.1, -0.05) is 11.3 Å². The summed E-state index contributed by atoms with van der Waals surface area (Å²) in [6.07, 6.45) is 0. The van der Waals surface area contributed by atoms with Crippen molar-refractivity contribution in [2.45, 2.75) is 6.92 Å². The third kappa shape index (κ3) is 3.84. The lowest BCUT2D eigenvalue weighted by molar-refractivity contribution is -0.141. The molecule has 1 aromatic heterocycles. The molecular weight excluding hydrogens is 301 g/mol. The minimum absolute atomic E-state index is 0.0147. The van der Waals surface area contributed by atoms with Crippen molar-refractivity contribution in [3.63, 3.8) is 0 Å². The summed E-state index contributed by atoms with van der Waals surface area (Å²) in [5.74, 6) is -0.696. The molecule has 8 heteroatoms. The smallest absolute Gasteiger partial charge is 0.325 e. The lowest BCUT2D eigenvalue weighted by Crippen LogP contribution is -2.33. The summed E-state index contributed by atoms with van der Waals surface area (Å²) in [5, 5.41) is 6.35. The molecule has 0 amide bonds. The zero-order chi connectivity index (χ0) is 14.5. The molecule has 0 aliphatic heterocycles. The molecule has 1 heterocycles. The second-order valence-corrected chi connectivity index (χ2v) is 5.18. The van der Waals surface area contributed by atoms with Crippen molar-refractivity contribution < 1.29 is 13.9 Å². The number of thiazole rings is 1. The SMILES string of the molecule is CCOC(=O)CNC(=S)Nc1nc2ccc(F)cc2s1. The van der Waals surface area contributed by atoms with Crippen LogP contribution in [0, 0.1) is 5.82 Å². The third-order valence-electron chi connectivity index (χ3n) is 2.27. The molecule has 0 saturated carbocycles. The van der Waals surface area contributed by atoms with Crippen LogP contribution in [0.4, 0.5) is 9.52 Å². The molecule has 2 rings (SSSR count).